The molecule has 0 aliphatic heterocycles. The molecule has 2 amide bonds. The van der Waals surface area contributed by atoms with Crippen LogP contribution in [0.4, 0.5) is 0 Å². The Morgan fingerprint density at radius 3 is 2.48 bits per heavy atom. The van der Waals surface area contributed by atoms with E-state index in [1.54, 1.807) is 18.2 Å². The first kappa shape index (κ1) is 20.2. The van der Waals surface area contributed by atoms with E-state index in [0.29, 0.717) is 12.1 Å². The zero-order valence-corrected chi connectivity index (χ0v) is 15.4. The molecule has 0 spiro atoms. The van der Waals surface area contributed by atoms with Gasteiger partial charge in [-0.15, -0.1) is 0 Å². The molecule has 0 fully saturated rings. The summed E-state index contributed by atoms with van der Waals surface area (Å²) in [5.74, 6) is -1.38. The molecule has 0 aromatic heterocycles. The summed E-state index contributed by atoms with van der Waals surface area (Å²) < 4.78 is 4.86. The number of carbonyl (C=O) groups excluding carboxylic acids is 3. The normalized spacial score (nSPS) is 10.1. The summed E-state index contributed by atoms with van der Waals surface area (Å²) in [4.78, 5) is 35.3. The largest absolute Gasteiger partial charge is 0.454 e. The minimum absolute atomic E-state index is 0.284. The summed E-state index contributed by atoms with van der Waals surface area (Å²) in [5.41, 5.74) is 2.63. The lowest BCUT2D eigenvalue weighted by atomic mass is 10.1. The second kappa shape index (κ2) is 10.8. The number of ether oxygens (including phenoxy) is 1. The van der Waals surface area contributed by atoms with Gasteiger partial charge in [-0.25, -0.2) is 0 Å². The molecule has 0 radical (unpaired) electrons. The summed E-state index contributed by atoms with van der Waals surface area (Å²) in [5, 5.41) is 5.18. The van der Waals surface area contributed by atoms with Gasteiger partial charge in [0, 0.05) is 12.1 Å². The summed E-state index contributed by atoms with van der Waals surface area (Å²) in [7, 11) is 0. The van der Waals surface area contributed by atoms with Gasteiger partial charge in [0.15, 0.2) is 6.61 Å². The Labute approximate surface area is 158 Å². The van der Waals surface area contributed by atoms with Gasteiger partial charge in [-0.2, -0.15) is 0 Å². The quantitative estimate of drug-likeness (QED) is 0.524. The number of rotatable bonds is 9. The molecule has 0 aliphatic rings. The zero-order valence-electron chi connectivity index (χ0n) is 15.4. The molecular weight excluding hydrogens is 344 g/mol. The molecule has 0 unspecified atom stereocenters. The highest BCUT2D eigenvalue weighted by Gasteiger charge is 2.10. The number of carbonyl (C=O) groups is 3. The van der Waals surface area contributed by atoms with E-state index in [1.165, 1.54) is 5.56 Å². The number of amides is 2. The molecule has 6 heteroatoms. The topological polar surface area (TPSA) is 84.5 Å². The number of hydrogen-bond acceptors (Lipinski definition) is 4. The van der Waals surface area contributed by atoms with Crippen molar-refractivity contribution in [2.45, 2.75) is 19.8 Å². The first-order valence-corrected chi connectivity index (χ1v) is 8.85. The standard InChI is InChI=1S/C21H24N2O4/c1-16-7-5-11-18(13-16)21(26)23-14-20(25)27-15-19(24)22-12-6-10-17-8-3-2-4-9-17/h2-5,7-9,11,13H,6,10,12,14-15H2,1H3,(H,22,24)(H,23,26). The van der Waals surface area contributed by atoms with E-state index in [-0.39, 0.29) is 25.0 Å². The number of esters is 1. The fourth-order valence-electron chi connectivity index (χ4n) is 2.45. The molecule has 0 bridgehead atoms. The lowest BCUT2D eigenvalue weighted by Crippen LogP contribution is -2.34. The minimum atomic E-state index is -0.657. The van der Waals surface area contributed by atoms with E-state index >= 15 is 0 Å². The van der Waals surface area contributed by atoms with Crippen molar-refractivity contribution >= 4 is 17.8 Å². The van der Waals surface area contributed by atoms with Gasteiger partial charge < -0.3 is 15.4 Å². The maximum absolute atomic E-state index is 11.9. The van der Waals surface area contributed by atoms with Crippen LogP contribution in [0, 0.1) is 6.92 Å². The molecule has 27 heavy (non-hydrogen) atoms. The first-order valence-electron chi connectivity index (χ1n) is 8.85. The Morgan fingerprint density at radius 2 is 1.74 bits per heavy atom. The van der Waals surface area contributed by atoms with Gasteiger partial charge in [0.25, 0.3) is 11.8 Å². The van der Waals surface area contributed by atoms with Crippen LogP contribution in [0.15, 0.2) is 54.6 Å². The summed E-state index contributed by atoms with van der Waals surface area (Å²) in [6.45, 7) is 1.75. The monoisotopic (exact) mass is 368 g/mol. The van der Waals surface area contributed by atoms with Gasteiger partial charge >= 0.3 is 5.97 Å². The number of hydrogen-bond donors (Lipinski definition) is 2. The van der Waals surface area contributed by atoms with E-state index < -0.39 is 5.97 Å². The predicted octanol–water partition coefficient (Wildman–Crippen LogP) is 2.02. The van der Waals surface area contributed by atoms with Crippen molar-refractivity contribution in [3.8, 4) is 0 Å². The Kier molecular flexibility index (Phi) is 8.03. The first-order chi connectivity index (χ1) is 13.0. The van der Waals surface area contributed by atoms with Crippen molar-refractivity contribution in [2.75, 3.05) is 19.7 Å². The third kappa shape index (κ3) is 7.73. The van der Waals surface area contributed by atoms with Crippen LogP contribution >= 0.6 is 0 Å². The van der Waals surface area contributed by atoms with Crippen LogP contribution < -0.4 is 10.6 Å². The van der Waals surface area contributed by atoms with Crippen LogP contribution in [-0.4, -0.2) is 37.5 Å². The fraction of sp³-hybridized carbons (Fsp3) is 0.286. The van der Waals surface area contributed by atoms with Gasteiger partial charge in [0.2, 0.25) is 0 Å². The number of nitrogens with one attached hydrogen (secondary N) is 2. The molecular formula is C21H24N2O4. The summed E-state index contributed by atoms with van der Waals surface area (Å²) >= 11 is 0. The summed E-state index contributed by atoms with van der Waals surface area (Å²) in [6.07, 6.45) is 1.67. The average molecular weight is 368 g/mol. The minimum Gasteiger partial charge on any atom is -0.454 e. The number of aryl methyl sites for hydroxylation is 2. The molecule has 0 saturated carbocycles. The molecule has 0 atom stereocenters. The van der Waals surface area contributed by atoms with Gasteiger partial charge in [0.1, 0.15) is 6.54 Å². The molecule has 0 aliphatic carbocycles. The van der Waals surface area contributed by atoms with Crippen molar-refractivity contribution in [2.24, 2.45) is 0 Å². The van der Waals surface area contributed by atoms with E-state index in [0.717, 1.165) is 18.4 Å². The van der Waals surface area contributed by atoms with Crippen LogP contribution in [0.3, 0.4) is 0 Å². The van der Waals surface area contributed by atoms with Crippen molar-refractivity contribution in [1.29, 1.82) is 0 Å². The van der Waals surface area contributed by atoms with Crippen LogP contribution in [0.25, 0.3) is 0 Å². The molecule has 6 nitrogen and oxygen atoms in total. The third-order valence-corrected chi connectivity index (χ3v) is 3.85. The van der Waals surface area contributed by atoms with Crippen LogP contribution in [-0.2, 0) is 20.7 Å². The molecule has 2 rings (SSSR count). The third-order valence-electron chi connectivity index (χ3n) is 3.85. The molecule has 2 aromatic rings. The van der Waals surface area contributed by atoms with Gasteiger partial charge in [0.05, 0.1) is 0 Å². The van der Waals surface area contributed by atoms with Crippen LogP contribution in [0.2, 0.25) is 0 Å². The lowest BCUT2D eigenvalue weighted by Gasteiger charge is -2.08. The molecule has 0 saturated heterocycles. The zero-order chi connectivity index (χ0) is 19.5. The van der Waals surface area contributed by atoms with Gasteiger partial charge in [-0.3, -0.25) is 14.4 Å². The van der Waals surface area contributed by atoms with Crippen molar-refractivity contribution < 1.29 is 19.1 Å². The predicted molar refractivity (Wildman–Crippen MR) is 102 cm³/mol. The van der Waals surface area contributed by atoms with Gasteiger partial charge in [-0.1, -0.05) is 48.0 Å². The number of benzene rings is 2. The van der Waals surface area contributed by atoms with Crippen LogP contribution in [0.1, 0.15) is 27.9 Å². The fourth-order valence-corrected chi connectivity index (χ4v) is 2.45. The van der Waals surface area contributed by atoms with Gasteiger partial charge in [-0.05, 0) is 37.5 Å². The Bertz CT molecular complexity index is 775. The Balaban J connectivity index is 1.58. The molecule has 142 valence electrons. The lowest BCUT2D eigenvalue weighted by molar-refractivity contribution is -0.147. The van der Waals surface area contributed by atoms with Crippen molar-refractivity contribution in [3.63, 3.8) is 0 Å². The highest BCUT2D eigenvalue weighted by molar-refractivity contribution is 5.96. The smallest absolute Gasteiger partial charge is 0.325 e. The van der Waals surface area contributed by atoms with Crippen molar-refractivity contribution in [3.05, 3.63) is 71.3 Å². The second-order valence-corrected chi connectivity index (χ2v) is 6.15. The van der Waals surface area contributed by atoms with E-state index in [1.807, 2.05) is 43.3 Å². The van der Waals surface area contributed by atoms with E-state index in [9.17, 15) is 14.4 Å². The molecule has 2 N–H and O–H groups in total. The maximum Gasteiger partial charge on any atom is 0.325 e. The second-order valence-electron chi connectivity index (χ2n) is 6.15. The van der Waals surface area contributed by atoms with E-state index in [4.69, 9.17) is 4.74 Å². The highest BCUT2D eigenvalue weighted by Crippen LogP contribution is 2.03. The van der Waals surface area contributed by atoms with Crippen LogP contribution in [0.5, 0.6) is 0 Å². The Morgan fingerprint density at radius 1 is 0.963 bits per heavy atom. The molecule has 2 aromatic carbocycles. The summed E-state index contributed by atoms with van der Waals surface area (Å²) in [6, 6.07) is 17.0. The Hall–Kier alpha value is -3.15. The maximum atomic E-state index is 11.9. The molecule has 0 heterocycles. The average Bonchev–Trinajstić information content (AvgIpc) is 2.68. The van der Waals surface area contributed by atoms with Crippen molar-refractivity contribution in [1.82, 2.24) is 10.6 Å². The highest BCUT2D eigenvalue weighted by atomic mass is 16.5. The SMILES string of the molecule is Cc1cccc(C(=O)NCC(=O)OCC(=O)NCCCc2ccccc2)c1. The van der Waals surface area contributed by atoms with E-state index in [2.05, 4.69) is 10.6 Å².